The first-order valence-corrected chi connectivity index (χ1v) is 7.06. The van der Waals surface area contributed by atoms with E-state index in [2.05, 4.69) is 28.1 Å². The van der Waals surface area contributed by atoms with Crippen molar-refractivity contribution in [2.24, 2.45) is 0 Å². The van der Waals surface area contributed by atoms with Gasteiger partial charge in [-0.3, -0.25) is 4.79 Å². The van der Waals surface area contributed by atoms with Crippen LogP contribution in [0.2, 0.25) is 0 Å². The standard InChI is InChI=1S/C15H14BrNO2/c1-17(15(18)13-8-9-14(16)19-13)12-7-6-10-4-2-3-5-11(10)12/h2-5,8-9,12H,6-7H2,1H3. The van der Waals surface area contributed by atoms with E-state index in [1.54, 1.807) is 17.0 Å². The second-order valence-corrected chi connectivity index (χ2v) is 5.55. The smallest absolute Gasteiger partial charge is 0.289 e. The number of fused-ring (bicyclic) bond motifs is 1. The third kappa shape index (κ3) is 2.21. The minimum absolute atomic E-state index is 0.0765. The van der Waals surface area contributed by atoms with E-state index in [1.807, 2.05) is 19.2 Å². The molecule has 1 unspecified atom stereocenters. The lowest BCUT2D eigenvalue weighted by Crippen LogP contribution is -2.29. The Bertz CT molecular complexity index is 620. The summed E-state index contributed by atoms with van der Waals surface area (Å²) in [7, 11) is 1.84. The van der Waals surface area contributed by atoms with E-state index in [4.69, 9.17) is 4.42 Å². The number of benzene rings is 1. The van der Waals surface area contributed by atoms with Crippen LogP contribution >= 0.6 is 15.9 Å². The molecule has 1 aliphatic carbocycles. The molecule has 3 nitrogen and oxygen atoms in total. The molecular formula is C15H14BrNO2. The van der Waals surface area contributed by atoms with Gasteiger partial charge in [-0.15, -0.1) is 0 Å². The minimum atomic E-state index is -0.0765. The first-order valence-electron chi connectivity index (χ1n) is 6.27. The van der Waals surface area contributed by atoms with E-state index in [0.717, 1.165) is 12.8 Å². The first kappa shape index (κ1) is 12.5. The van der Waals surface area contributed by atoms with E-state index in [-0.39, 0.29) is 11.9 Å². The van der Waals surface area contributed by atoms with Crippen molar-refractivity contribution in [3.05, 3.63) is 58.0 Å². The number of amides is 1. The summed E-state index contributed by atoms with van der Waals surface area (Å²) in [5.74, 6) is 0.297. The number of nitrogens with zero attached hydrogens (tertiary/aromatic N) is 1. The Hall–Kier alpha value is -1.55. The lowest BCUT2D eigenvalue weighted by atomic mass is 10.1. The topological polar surface area (TPSA) is 33.5 Å². The fourth-order valence-electron chi connectivity index (χ4n) is 2.68. The van der Waals surface area contributed by atoms with Gasteiger partial charge in [0.2, 0.25) is 0 Å². The Morgan fingerprint density at radius 2 is 2.11 bits per heavy atom. The molecule has 1 heterocycles. The van der Waals surface area contributed by atoms with Crippen molar-refractivity contribution in [2.45, 2.75) is 18.9 Å². The van der Waals surface area contributed by atoms with E-state index in [0.29, 0.717) is 10.4 Å². The number of carbonyl (C=O) groups is 1. The van der Waals surface area contributed by atoms with Crippen molar-refractivity contribution in [1.82, 2.24) is 4.90 Å². The number of rotatable bonds is 2. The summed E-state index contributed by atoms with van der Waals surface area (Å²) in [4.78, 5) is 14.1. The molecule has 1 aromatic carbocycles. The van der Waals surface area contributed by atoms with E-state index in [9.17, 15) is 4.79 Å². The Kier molecular flexibility index (Phi) is 3.19. The number of furan rings is 1. The molecule has 0 aliphatic heterocycles. The Morgan fingerprint density at radius 3 is 2.84 bits per heavy atom. The zero-order chi connectivity index (χ0) is 13.4. The molecule has 1 aromatic heterocycles. The molecule has 4 heteroatoms. The van der Waals surface area contributed by atoms with Crippen LogP contribution in [0.25, 0.3) is 0 Å². The lowest BCUT2D eigenvalue weighted by Gasteiger charge is -2.24. The van der Waals surface area contributed by atoms with Gasteiger partial charge in [0.25, 0.3) is 5.91 Å². The molecular weight excluding hydrogens is 306 g/mol. The molecule has 1 aliphatic rings. The maximum Gasteiger partial charge on any atom is 0.289 e. The fraction of sp³-hybridized carbons (Fsp3) is 0.267. The lowest BCUT2D eigenvalue weighted by molar-refractivity contribution is 0.0697. The van der Waals surface area contributed by atoms with Crippen LogP contribution in [-0.2, 0) is 6.42 Å². The third-order valence-corrected chi connectivity index (χ3v) is 4.10. The van der Waals surface area contributed by atoms with E-state index in [1.165, 1.54) is 11.1 Å². The predicted octanol–water partition coefficient (Wildman–Crippen LogP) is 3.80. The summed E-state index contributed by atoms with van der Waals surface area (Å²) in [6, 6.07) is 11.9. The molecule has 19 heavy (non-hydrogen) atoms. The van der Waals surface area contributed by atoms with Gasteiger partial charge in [-0.2, -0.15) is 0 Å². The largest absolute Gasteiger partial charge is 0.444 e. The molecule has 0 spiro atoms. The molecule has 1 atom stereocenters. The average Bonchev–Trinajstić information content (AvgIpc) is 3.03. The van der Waals surface area contributed by atoms with Crippen LogP contribution < -0.4 is 0 Å². The number of aryl methyl sites for hydroxylation is 1. The van der Waals surface area contributed by atoms with Gasteiger partial charge in [0, 0.05) is 7.05 Å². The normalized spacial score (nSPS) is 17.3. The summed E-state index contributed by atoms with van der Waals surface area (Å²) in [6.45, 7) is 0. The number of halogens is 1. The van der Waals surface area contributed by atoms with Gasteiger partial charge in [0.15, 0.2) is 10.4 Å². The van der Waals surface area contributed by atoms with Crippen LogP contribution in [0.3, 0.4) is 0 Å². The zero-order valence-electron chi connectivity index (χ0n) is 10.6. The molecule has 0 bridgehead atoms. The highest BCUT2D eigenvalue weighted by Gasteiger charge is 2.29. The maximum atomic E-state index is 12.4. The monoisotopic (exact) mass is 319 g/mol. The molecule has 2 aromatic rings. The highest BCUT2D eigenvalue weighted by Crippen LogP contribution is 2.35. The maximum absolute atomic E-state index is 12.4. The van der Waals surface area contributed by atoms with Crippen LogP contribution in [-0.4, -0.2) is 17.9 Å². The van der Waals surface area contributed by atoms with Gasteiger partial charge in [-0.25, -0.2) is 0 Å². The van der Waals surface area contributed by atoms with E-state index < -0.39 is 0 Å². The Labute approximate surface area is 120 Å². The summed E-state index contributed by atoms with van der Waals surface area (Å²) >= 11 is 3.22. The Balaban J connectivity index is 1.86. The fourth-order valence-corrected chi connectivity index (χ4v) is 2.99. The Morgan fingerprint density at radius 1 is 1.32 bits per heavy atom. The highest BCUT2D eigenvalue weighted by molar-refractivity contribution is 9.10. The number of hydrogen-bond donors (Lipinski definition) is 0. The summed E-state index contributed by atoms with van der Waals surface area (Å²) < 4.78 is 5.92. The average molecular weight is 320 g/mol. The molecule has 0 saturated heterocycles. The van der Waals surface area contributed by atoms with Crippen molar-refractivity contribution in [1.29, 1.82) is 0 Å². The van der Waals surface area contributed by atoms with Gasteiger partial charge in [0.05, 0.1) is 6.04 Å². The number of hydrogen-bond acceptors (Lipinski definition) is 2. The molecule has 0 N–H and O–H groups in total. The van der Waals surface area contributed by atoms with Crippen molar-refractivity contribution < 1.29 is 9.21 Å². The SMILES string of the molecule is CN(C(=O)c1ccc(Br)o1)C1CCc2ccccc21. The highest BCUT2D eigenvalue weighted by atomic mass is 79.9. The second-order valence-electron chi connectivity index (χ2n) is 4.77. The van der Waals surface area contributed by atoms with Crippen molar-refractivity contribution in [3.63, 3.8) is 0 Å². The van der Waals surface area contributed by atoms with Crippen LogP contribution in [0.1, 0.15) is 34.1 Å². The van der Waals surface area contributed by atoms with Crippen LogP contribution in [0, 0.1) is 0 Å². The molecule has 1 amide bonds. The van der Waals surface area contributed by atoms with E-state index >= 15 is 0 Å². The van der Waals surface area contributed by atoms with Gasteiger partial charge < -0.3 is 9.32 Å². The van der Waals surface area contributed by atoms with Crippen LogP contribution in [0.4, 0.5) is 0 Å². The summed E-state index contributed by atoms with van der Waals surface area (Å²) in [5.41, 5.74) is 2.59. The zero-order valence-corrected chi connectivity index (χ0v) is 12.2. The van der Waals surface area contributed by atoms with Crippen LogP contribution in [0.5, 0.6) is 0 Å². The predicted molar refractivity (Wildman–Crippen MR) is 76.0 cm³/mol. The second kappa shape index (κ2) is 4.85. The van der Waals surface area contributed by atoms with Gasteiger partial charge >= 0.3 is 0 Å². The summed E-state index contributed by atoms with van der Waals surface area (Å²) in [6.07, 6.45) is 2.00. The van der Waals surface area contributed by atoms with Gasteiger partial charge in [-0.05, 0) is 52.0 Å². The van der Waals surface area contributed by atoms with Crippen LogP contribution in [0.15, 0.2) is 45.5 Å². The summed E-state index contributed by atoms with van der Waals surface area (Å²) in [5, 5.41) is 0. The molecule has 3 rings (SSSR count). The minimum Gasteiger partial charge on any atom is -0.444 e. The third-order valence-electron chi connectivity index (χ3n) is 3.67. The molecule has 0 saturated carbocycles. The van der Waals surface area contributed by atoms with Crippen molar-refractivity contribution in [3.8, 4) is 0 Å². The quantitative estimate of drug-likeness (QED) is 0.843. The molecule has 98 valence electrons. The number of carbonyl (C=O) groups excluding carboxylic acids is 1. The van der Waals surface area contributed by atoms with Gasteiger partial charge in [0.1, 0.15) is 0 Å². The molecule has 0 fully saturated rings. The van der Waals surface area contributed by atoms with Crippen molar-refractivity contribution >= 4 is 21.8 Å². The first-order chi connectivity index (χ1) is 9.16. The van der Waals surface area contributed by atoms with Crippen molar-refractivity contribution in [2.75, 3.05) is 7.05 Å². The van der Waals surface area contributed by atoms with Gasteiger partial charge in [-0.1, -0.05) is 24.3 Å². The molecule has 0 radical (unpaired) electrons.